The van der Waals surface area contributed by atoms with Crippen LogP contribution in [0.15, 0.2) is 9.70 Å². The van der Waals surface area contributed by atoms with Crippen LogP contribution in [0.4, 0.5) is 5.82 Å². The molecule has 0 aliphatic carbocycles. The molecule has 0 radical (unpaired) electrons. The smallest absolute Gasteiger partial charge is 0.310 e. The van der Waals surface area contributed by atoms with Gasteiger partial charge in [0.05, 0.1) is 17.4 Å². The van der Waals surface area contributed by atoms with Crippen molar-refractivity contribution in [3.8, 4) is 6.07 Å². The van der Waals surface area contributed by atoms with Crippen molar-refractivity contribution in [1.29, 1.82) is 5.26 Å². The number of amides is 1. The molecule has 2 saturated heterocycles. The molecule has 1 aromatic heterocycles. The SMILES string of the molecule is CCCCC(CC)CN1C(=O)C(=Cc2c(C)c(C#N)c(=O)n(C)c2N2CCCC(C(=O)OCC)C2)SC1=S. The molecule has 206 valence electrons. The molecule has 0 saturated carbocycles. The molecular formula is C28H38N4O4S2. The summed E-state index contributed by atoms with van der Waals surface area (Å²) in [6, 6.07) is 2.04. The summed E-state index contributed by atoms with van der Waals surface area (Å²) in [5.41, 5.74) is 0.794. The quantitative estimate of drug-likeness (QED) is 0.230. The van der Waals surface area contributed by atoms with Gasteiger partial charge in [-0.05, 0) is 50.7 Å². The van der Waals surface area contributed by atoms with Crippen molar-refractivity contribution in [3.05, 3.63) is 31.9 Å². The predicted octanol–water partition coefficient (Wildman–Crippen LogP) is 4.76. The second-order valence-corrected chi connectivity index (χ2v) is 11.6. The zero-order valence-electron chi connectivity index (χ0n) is 23.0. The largest absolute Gasteiger partial charge is 0.466 e. The molecule has 0 N–H and O–H groups in total. The number of ether oxygens (including phenoxy) is 1. The molecule has 1 aromatic rings. The summed E-state index contributed by atoms with van der Waals surface area (Å²) in [6.45, 7) is 9.77. The summed E-state index contributed by atoms with van der Waals surface area (Å²) in [5.74, 6) is 0.277. The first kappa shape index (κ1) is 29.9. The van der Waals surface area contributed by atoms with E-state index in [0.717, 1.165) is 32.1 Å². The number of carbonyl (C=O) groups is 2. The van der Waals surface area contributed by atoms with E-state index in [1.807, 2.05) is 11.0 Å². The Balaban J connectivity index is 2.04. The monoisotopic (exact) mass is 558 g/mol. The summed E-state index contributed by atoms with van der Waals surface area (Å²) in [4.78, 5) is 43.3. The number of thioether (sulfide) groups is 1. The van der Waals surface area contributed by atoms with Gasteiger partial charge in [0.25, 0.3) is 11.5 Å². The fourth-order valence-electron chi connectivity index (χ4n) is 5.18. The number of hydrogen-bond donors (Lipinski definition) is 0. The summed E-state index contributed by atoms with van der Waals surface area (Å²) in [6.07, 6.45) is 7.49. The molecule has 8 nitrogen and oxygen atoms in total. The van der Waals surface area contributed by atoms with E-state index in [-0.39, 0.29) is 23.4 Å². The van der Waals surface area contributed by atoms with E-state index in [4.69, 9.17) is 17.0 Å². The van der Waals surface area contributed by atoms with Crippen LogP contribution in [0.1, 0.15) is 76.0 Å². The lowest BCUT2D eigenvalue weighted by atomic mass is 9.96. The Hall–Kier alpha value is -2.64. The highest BCUT2D eigenvalue weighted by Crippen LogP contribution is 2.37. The van der Waals surface area contributed by atoms with Crippen LogP contribution in [0, 0.1) is 30.1 Å². The molecule has 38 heavy (non-hydrogen) atoms. The minimum absolute atomic E-state index is 0.0440. The van der Waals surface area contributed by atoms with Gasteiger partial charge in [-0.1, -0.05) is 57.1 Å². The molecule has 0 bridgehead atoms. The van der Waals surface area contributed by atoms with Crippen molar-refractivity contribution in [3.63, 3.8) is 0 Å². The maximum absolute atomic E-state index is 13.5. The van der Waals surface area contributed by atoms with Crippen LogP contribution in [0.2, 0.25) is 0 Å². The van der Waals surface area contributed by atoms with Gasteiger partial charge in [-0.25, -0.2) is 0 Å². The molecule has 2 fully saturated rings. The number of piperidine rings is 1. The van der Waals surface area contributed by atoms with Gasteiger partial charge >= 0.3 is 5.97 Å². The van der Waals surface area contributed by atoms with E-state index < -0.39 is 5.56 Å². The number of nitriles is 1. The van der Waals surface area contributed by atoms with Gasteiger partial charge in [-0.15, -0.1) is 0 Å². The number of hydrogen-bond acceptors (Lipinski definition) is 8. The summed E-state index contributed by atoms with van der Waals surface area (Å²) in [7, 11) is 1.63. The van der Waals surface area contributed by atoms with E-state index in [0.29, 0.717) is 64.8 Å². The van der Waals surface area contributed by atoms with Crippen molar-refractivity contribution in [1.82, 2.24) is 9.47 Å². The third-order valence-corrected chi connectivity index (χ3v) is 8.82. The first-order chi connectivity index (χ1) is 18.2. The normalized spacial score (nSPS) is 19.7. The van der Waals surface area contributed by atoms with Gasteiger partial charge in [0.1, 0.15) is 21.8 Å². The molecule has 3 rings (SSSR count). The number of thiocarbonyl (C=S) groups is 1. The predicted molar refractivity (Wildman–Crippen MR) is 156 cm³/mol. The maximum atomic E-state index is 13.5. The highest BCUT2D eigenvalue weighted by atomic mass is 32.2. The minimum Gasteiger partial charge on any atom is -0.466 e. The van der Waals surface area contributed by atoms with Gasteiger partial charge in [0, 0.05) is 32.2 Å². The molecule has 2 unspecified atom stereocenters. The number of pyridine rings is 1. The summed E-state index contributed by atoms with van der Waals surface area (Å²) in [5, 5.41) is 9.76. The van der Waals surface area contributed by atoms with Gasteiger partial charge in [0.15, 0.2) is 0 Å². The second-order valence-electron chi connectivity index (χ2n) is 9.96. The number of rotatable bonds is 10. The fourth-order valence-corrected chi connectivity index (χ4v) is 6.44. The van der Waals surface area contributed by atoms with E-state index >= 15 is 0 Å². The molecule has 2 aliphatic heterocycles. The molecule has 0 aromatic carbocycles. The molecule has 10 heteroatoms. The Morgan fingerprint density at radius 1 is 1.32 bits per heavy atom. The Bertz CT molecular complexity index is 1220. The topological polar surface area (TPSA) is 95.6 Å². The first-order valence-corrected chi connectivity index (χ1v) is 14.7. The minimum atomic E-state index is -0.398. The van der Waals surface area contributed by atoms with Crippen LogP contribution in [-0.4, -0.2) is 51.9 Å². The highest BCUT2D eigenvalue weighted by Gasteiger charge is 2.35. The van der Waals surface area contributed by atoms with Gasteiger partial charge in [-0.2, -0.15) is 5.26 Å². The van der Waals surface area contributed by atoms with Crippen molar-refractivity contribution in [2.75, 3.05) is 31.1 Å². The van der Waals surface area contributed by atoms with Crippen LogP contribution < -0.4 is 10.5 Å². The Morgan fingerprint density at radius 2 is 2.05 bits per heavy atom. The van der Waals surface area contributed by atoms with E-state index in [1.165, 1.54) is 16.3 Å². The van der Waals surface area contributed by atoms with Crippen molar-refractivity contribution >= 4 is 52.1 Å². The number of esters is 1. The number of nitrogens with zero attached hydrogens (tertiary/aromatic N) is 4. The maximum Gasteiger partial charge on any atom is 0.310 e. The highest BCUT2D eigenvalue weighted by molar-refractivity contribution is 8.26. The fraction of sp³-hybridized carbons (Fsp3) is 0.607. The molecule has 3 heterocycles. The lowest BCUT2D eigenvalue weighted by Crippen LogP contribution is -2.42. The van der Waals surface area contributed by atoms with Crippen LogP contribution >= 0.6 is 24.0 Å². The van der Waals surface area contributed by atoms with Gasteiger partial charge < -0.3 is 9.64 Å². The van der Waals surface area contributed by atoms with Gasteiger partial charge in [0.2, 0.25) is 0 Å². The Morgan fingerprint density at radius 3 is 2.68 bits per heavy atom. The standard InChI is InChI=1S/C28H38N4O4S2/c1-6-9-11-19(7-2)16-32-26(34)23(38-28(32)37)14-21-18(4)22(15-29)25(33)30(5)24(21)31-13-10-12-20(17-31)27(35)36-8-3/h14,19-20H,6-13,16-17H2,1-5H3. The Labute approximate surface area is 235 Å². The summed E-state index contributed by atoms with van der Waals surface area (Å²) < 4.78 is 7.25. The van der Waals surface area contributed by atoms with Crippen molar-refractivity contribution in [2.24, 2.45) is 18.9 Å². The Kier molecular flexibility index (Phi) is 10.6. The van der Waals surface area contributed by atoms with E-state index in [2.05, 4.69) is 13.8 Å². The molecule has 1 amide bonds. The zero-order chi connectivity index (χ0) is 28.0. The first-order valence-electron chi connectivity index (χ1n) is 13.5. The third kappa shape index (κ3) is 6.32. The second kappa shape index (κ2) is 13.4. The molecule has 0 spiro atoms. The lowest BCUT2D eigenvalue weighted by Gasteiger charge is -2.35. The molecular weight excluding hydrogens is 520 g/mol. The molecule has 2 aliphatic rings. The van der Waals surface area contributed by atoms with Crippen LogP contribution in [0.5, 0.6) is 0 Å². The van der Waals surface area contributed by atoms with E-state index in [1.54, 1.807) is 31.9 Å². The van der Waals surface area contributed by atoms with Crippen molar-refractivity contribution in [2.45, 2.75) is 66.2 Å². The number of anilines is 1. The number of unbranched alkanes of at least 4 members (excludes halogenated alkanes) is 1. The number of aromatic nitrogens is 1. The molecule has 2 atom stereocenters. The number of carbonyl (C=O) groups excluding carboxylic acids is 2. The van der Waals surface area contributed by atoms with Crippen LogP contribution in [0.25, 0.3) is 6.08 Å². The average Bonchev–Trinajstić information content (AvgIpc) is 3.17. The van der Waals surface area contributed by atoms with Crippen molar-refractivity contribution < 1.29 is 14.3 Å². The van der Waals surface area contributed by atoms with Crippen LogP contribution in [0.3, 0.4) is 0 Å². The summed E-state index contributed by atoms with van der Waals surface area (Å²) >= 11 is 6.86. The van der Waals surface area contributed by atoms with E-state index in [9.17, 15) is 19.6 Å². The lowest BCUT2D eigenvalue weighted by molar-refractivity contribution is -0.148. The van der Waals surface area contributed by atoms with Crippen LogP contribution in [-0.2, 0) is 21.4 Å². The zero-order valence-corrected chi connectivity index (χ0v) is 24.7. The third-order valence-electron chi connectivity index (χ3n) is 7.44. The average molecular weight is 559 g/mol. The van der Waals surface area contributed by atoms with Gasteiger partial charge in [-0.3, -0.25) is 23.9 Å².